The van der Waals surface area contributed by atoms with Crippen LogP contribution < -0.4 is 9.46 Å². The van der Waals surface area contributed by atoms with Gasteiger partial charge in [-0.1, -0.05) is 19.3 Å². The minimum absolute atomic E-state index is 0.0698. The summed E-state index contributed by atoms with van der Waals surface area (Å²) in [6.07, 6.45) is 7.84. The molecule has 0 amide bonds. The molecule has 1 aromatic heterocycles. The molecule has 1 aromatic carbocycles. The van der Waals surface area contributed by atoms with E-state index in [0.717, 1.165) is 49.1 Å². The van der Waals surface area contributed by atoms with Crippen LogP contribution in [0.1, 0.15) is 37.7 Å². The Morgan fingerprint density at radius 3 is 2.54 bits per heavy atom. The molecule has 28 heavy (non-hydrogen) atoms. The molecule has 2 aromatic rings. The first-order valence-corrected chi connectivity index (χ1v) is 11.4. The summed E-state index contributed by atoms with van der Waals surface area (Å²) in [5.41, 5.74) is 2.28. The van der Waals surface area contributed by atoms with Crippen LogP contribution in [0.15, 0.2) is 42.6 Å². The highest BCUT2D eigenvalue weighted by Crippen LogP contribution is 2.26. The first kappa shape index (κ1) is 20.3. The van der Waals surface area contributed by atoms with Crippen molar-refractivity contribution in [2.45, 2.75) is 38.1 Å². The Morgan fingerprint density at radius 1 is 1.14 bits per heavy atom. The number of rotatable bonds is 6. The Balaban J connectivity index is 1.63. The van der Waals surface area contributed by atoms with Gasteiger partial charge in [0.05, 0.1) is 24.1 Å². The van der Waals surface area contributed by atoms with Gasteiger partial charge in [-0.05, 0) is 49.2 Å². The maximum atomic E-state index is 11.7. The third-order valence-electron chi connectivity index (χ3n) is 5.03. The van der Waals surface area contributed by atoms with E-state index < -0.39 is 10.0 Å². The summed E-state index contributed by atoms with van der Waals surface area (Å²) < 4.78 is 32.1. The maximum absolute atomic E-state index is 11.7. The van der Waals surface area contributed by atoms with Crippen LogP contribution in [0.4, 0.5) is 0 Å². The van der Waals surface area contributed by atoms with Crippen LogP contribution in [-0.4, -0.2) is 32.3 Å². The number of nitrogens with one attached hydrogen (secondary N) is 1. The molecule has 0 aliphatic heterocycles. The van der Waals surface area contributed by atoms with Crippen molar-refractivity contribution in [3.05, 3.63) is 48.2 Å². The Hall–Kier alpha value is -2.43. The van der Waals surface area contributed by atoms with Crippen molar-refractivity contribution in [2.75, 3.05) is 12.9 Å². The van der Waals surface area contributed by atoms with Gasteiger partial charge in [0.25, 0.3) is 0 Å². The number of ether oxygens (including phenoxy) is 1. The highest BCUT2D eigenvalue weighted by atomic mass is 32.2. The van der Waals surface area contributed by atoms with Crippen molar-refractivity contribution in [3.8, 4) is 23.1 Å². The lowest BCUT2D eigenvalue weighted by atomic mass is 9.96. The van der Waals surface area contributed by atoms with Gasteiger partial charge in [-0.3, -0.25) is 4.98 Å². The van der Waals surface area contributed by atoms with Crippen molar-refractivity contribution < 1.29 is 13.2 Å². The van der Waals surface area contributed by atoms with Gasteiger partial charge in [-0.15, -0.1) is 0 Å². The van der Waals surface area contributed by atoms with Gasteiger partial charge >= 0.3 is 0 Å². The van der Waals surface area contributed by atoms with Crippen LogP contribution >= 0.6 is 0 Å². The molecule has 0 saturated heterocycles. The summed E-state index contributed by atoms with van der Waals surface area (Å²) in [4.78, 5) is 4.29. The van der Waals surface area contributed by atoms with Gasteiger partial charge in [0, 0.05) is 23.7 Å². The van der Waals surface area contributed by atoms with E-state index in [1.165, 1.54) is 6.26 Å². The van der Waals surface area contributed by atoms with Gasteiger partial charge in [0.1, 0.15) is 11.8 Å². The third kappa shape index (κ3) is 5.78. The Bertz CT molecular complexity index is 919. The van der Waals surface area contributed by atoms with Crippen LogP contribution in [-0.2, 0) is 10.0 Å². The minimum atomic E-state index is -3.23. The molecule has 2 unspecified atom stereocenters. The van der Waals surface area contributed by atoms with E-state index in [2.05, 4.69) is 15.8 Å². The maximum Gasteiger partial charge on any atom is 0.208 e. The number of aromatic nitrogens is 1. The van der Waals surface area contributed by atoms with Gasteiger partial charge in [-0.2, -0.15) is 5.26 Å². The van der Waals surface area contributed by atoms with Crippen LogP contribution in [0.2, 0.25) is 0 Å². The molecule has 2 atom stereocenters. The summed E-state index contributed by atoms with van der Waals surface area (Å²) in [7, 11) is -3.23. The van der Waals surface area contributed by atoms with E-state index in [-0.39, 0.29) is 12.0 Å². The zero-order valence-electron chi connectivity index (χ0n) is 16.0. The largest absolute Gasteiger partial charge is 0.493 e. The molecule has 0 bridgehead atoms. The Kier molecular flexibility index (Phi) is 6.65. The first-order chi connectivity index (χ1) is 13.4. The van der Waals surface area contributed by atoms with E-state index in [1.54, 1.807) is 12.3 Å². The predicted molar refractivity (Wildman–Crippen MR) is 108 cm³/mol. The highest BCUT2D eigenvalue weighted by molar-refractivity contribution is 7.88. The fraction of sp³-hybridized carbons (Fsp3) is 0.429. The number of hydrogen-bond acceptors (Lipinski definition) is 5. The highest BCUT2D eigenvalue weighted by Gasteiger charge is 2.26. The summed E-state index contributed by atoms with van der Waals surface area (Å²) in [5.74, 6) is 0.914. The molecule has 1 aliphatic carbocycles. The van der Waals surface area contributed by atoms with Crippen molar-refractivity contribution in [1.82, 2.24) is 9.71 Å². The third-order valence-corrected chi connectivity index (χ3v) is 5.76. The summed E-state index contributed by atoms with van der Waals surface area (Å²) in [6, 6.07) is 13.2. The van der Waals surface area contributed by atoms with E-state index in [9.17, 15) is 8.42 Å². The number of nitrogens with zero attached hydrogens (tertiary/aromatic N) is 2. The Morgan fingerprint density at radius 2 is 1.89 bits per heavy atom. The lowest BCUT2D eigenvalue weighted by Crippen LogP contribution is -2.41. The van der Waals surface area contributed by atoms with Gasteiger partial charge in [-0.25, -0.2) is 13.1 Å². The molecule has 148 valence electrons. The number of pyridine rings is 1. The molecule has 1 fully saturated rings. The fourth-order valence-corrected chi connectivity index (χ4v) is 4.43. The van der Waals surface area contributed by atoms with Crippen molar-refractivity contribution >= 4 is 10.0 Å². The quantitative estimate of drug-likeness (QED) is 0.751. The molecule has 7 heteroatoms. The molecule has 1 aliphatic rings. The van der Waals surface area contributed by atoms with Crippen LogP contribution in [0.25, 0.3) is 11.3 Å². The molecule has 1 N–H and O–H groups in total. The number of sulfonamides is 1. The molecule has 1 saturated carbocycles. The average molecular weight is 400 g/mol. The van der Waals surface area contributed by atoms with Gasteiger partial charge in [0.15, 0.2) is 0 Å². The number of benzene rings is 1. The Labute approximate surface area is 166 Å². The number of nitriles is 1. The fourth-order valence-electron chi connectivity index (χ4n) is 3.57. The zero-order valence-corrected chi connectivity index (χ0v) is 16.8. The lowest BCUT2D eigenvalue weighted by molar-refractivity contribution is 0.210. The topological polar surface area (TPSA) is 92.1 Å². The van der Waals surface area contributed by atoms with Crippen LogP contribution in [0.5, 0.6) is 5.75 Å². The normalized spacial score (nSPS) is 20.1. The molecule has 0 spiro atoms. The summed E-state index contributed by atoms with van der Waals surface area (Å²) in [6.45, 7) is 0.488. The minimum Gasteiger partial charge on any atom is -0.493 e. The molecule has 1 heterocycles. The lowest BCUT2D eigenvalue weighted by Gasteiger charge is -2.25. The summed E-state index contributed by atoms with van der Waals surface area (Å²) in [5, 5.41) is 8.86. The van der Waals surface area contributed by atoms with Crippen molar-refractivity contribution in [3.63, 3.8) is 0 Å². The SMILES string of the molecule is CS(=O)(=O)NC1CCCCCC1COc1ccc(-c2ccc(C#N)cn2)cc1. The smallest absolute Gasteiger partial charge is 0.208 e. The molecule has 0 radical (unpaired) electrons. The average Bonchev–Trinajstić information content (AvgIpc) is 2.90. The van der Waals surface area contributed by atoms with Gasteiger partial charge < -0.3 is 4.74 Å². The second-order valence-corrected chi connectivity index (χ2v) is 9.05. The molecular weight excluding hydrogens is 374 g/mol. The number of hydrogen-bond donors (Lipinski definition) is 1. The second-order valence-electron chi connectivity index (χ2n) is 7.27. The molecular formula is C21H25N3O3S. The van der Waals surface area contributed by atoms with Crippen molar-refractivity contribution in [2.24, 2.45) is 5.92 Å². The van der Waals surface area contributed by atoms with Crippen molar-refractivity contribution in [1.29, 1.82) is 5.26 Å². The van der Waals surface area contributed by atoms with Crippen LogP contribution in [0, 0.1) is 17.2 Å². The molecule has 6 nitrogen and oxygen atoms in total. The zero-order chi connectivity index (χ0) is 20.0. The summed E-state index contributed by atoms with van der Waals surface area (Å²) >= 11 is 0. The van der Waals surface area contributed by atoms with E-state index in [0.29, 0.717) is 12.2 Å². The monoisotopic (exact) mass is 399 g/mol. The van der Waals surface area contributed by atoms with Crippen LogP contribution in [0.3, 0.4) is 0 Å². The van der Waals surface area contributed by atoms with E-state index in [4.69, 9.17) is 10.00 Å². The first-order valence-electron chi connectivity index (χ1n) is 9.51. The van der Waals surface area contributed by atoms with E-state index in [1.807, 2.05) is 30.3 Å². The van der Waals surface area contributed by atoms with E-state index >= 15 is 0 Å². The standard InChI is InChI=1S/C21H25N3O3S/c1-28(25,26)24-21-6-4-2-3-5-18(21)15-27-19-10-8-17(9-11-19)20-12-7-16(13-22)14-23-20/h7-12,14,18,21,24H,2-6,15H2,1H3. The second kappa shape index (κ2) is 9.18. The van der Waals surface area contributed by atoms with Gasteiger partial charge in [0.2, 0.25) is 10.0 Å². The molecule has 3 rings (SSSR count). The predicted octanol–water partition coefficient (Wildman–Crippen LogP) is 3.50.